The molecule has 1 aromatic heterocycles. The first-order valence-corrected chi connectivity index (χ1v) is 5.41. The smallest absolute Gasteiger partial charge is 0.272 e. The molecule has 1 heterocycles. The zero-order chi connectivity index (χ0) is 8.81. The van der Waals surface area contributed by atoms with Crippen LogP contribution in [0.3, 0.4) is 0 Å². The van der Waals surface area contributed by atoms with Crippen LogP contribution >= 0.6 is 27.5 Å². The first-order valence-electron chi connectivity index (χ1n) is 3.46. The second-order valence-corrected chi connectivity index (χ2v) is 3.49. The van der Waals surface area contributed by atoms with Gasteiger partial charge in [0.2, 0.25) is 0 Å². The van der Waals surface area contributed by atoms with Crippen molar-refractivity contribution in [3.63, 3.8) is 0 Å². The summed E-state index contributed by atoms with van der Waals surface area (Å²) in [5, 5.41) is 8.88. The van der Waals surface area contributed by atoms with Crippen molar-refractivity contribution in [2.24, 2.45) is 0 Å². The van der Waals surface area contributed by atoms with E-state index >= 15 is 0 Å². The van der Waals surface area contributed by atoms with E-state index in [0.29, 0.717) is 12.2 Å². The Balaban J connectivity index is 2.30. The van der Waals surface area contributed by atoms with Crippen LogP contribution < -0.4 is 5.32 Å². The monoisotopic (exact) mass is 249 g/mol. The number of halogens is 1. The Morgan fingerprint density at radius 1 is 1.75 bits per heavy atom. The highest BCUT2D eigenvalue weighted by atomic mass is 79.9. The second-order valence-electron chi connectivity index (χ2n) is 2.09. The lowest BCUT2D eigenvalue weighted by molar-refractivity contribution is 0.0949. The topological polar surface area (TPSA) is 54.9 Å². The molecule has 0 aliphatic carbocycles. The molecule has 0 bridgehead atoms. The third-order valence-corrected chi connectivity index (χ3v) is 2.25. The van der Waals surface area contributed by atoms with Gasteiger partial charge in [0.25, 0.3) is 5.91 Å². The van der Waals surface area contributed by atoms with Crippen LogP contribution in [0.1, 0.15) is 16.9 Å². The number of aromatic nitrogens is 2. The van der Waals surface area contributed by atoms with Crippen LogP contribution in [-0.2, 0) is 0 Å². The Bertz CT molecular complexity index is 239. The number of nitrogens with zero attached hydrogens (tertiary/aromatic N) is 2. The van der Waals surface area contributed by atoms with Gasteiger partial charge in [0.05, 0.1) is 0 Å². The van der Waals surface area contributed by atoms with Crippen molar-refractivity contribution >= 4 is 33.4 Å². The van der Waals surface area contributed by atoms with Crippen LogP contribution in [0.5, 0.6) is 0 Å². The number of hydrogen-bond donors (Lipinski definition) is 1. The molecule has 0 saturated carbocycles. The number of hydrogen-bond acceptors (Lipinski definition) is 4. The van der Waals surface area contributed by atoms with Crippen molar-refractivity contribution < 1.29 is 4.79 Å². The second kappa shape index (κ2) is 5.21. The molecule has 0 fully saturated rings. The van der Waals surface area contributed by atoms with Crippen molar-refractivity contribution in [3.8, 4) is 0 Å². The lowest BCUT2D eigenvalue weighted by atomic mass is 10.4. The van der Waals surface area contributed by atoms with E-state index in [2.05, 4.69) is 30.8 Å². The standard InChI is InChI=1S/C6H8BrN3OS/c7-2-1-3-8-6(11)5-4-12-10-9-5/h4H,1-3H2,(H,8,11). The third-order valence-electron chi connectivity index (χ3n) is 1.19. The van der Waals surface area contributed by atoms with E-state index in [4.69, 9.17) is 0 Å². The summed E-state index contributed by atoms with van der Waals surface area (Å²) in [6, 6.07) is 0. The molecular weight excluding hydrogens is 242 g/mol. The number of amides is 1. The van der Waals surface area contributed by atoms with Gasteiger partial charge in [0, 0.05) is 17.3 Å². The Morgan fingerprint density at radius 3 is 3.17 bits per heavy atom. The van der Waals surface area contributed by atoms with Crippen molar-refractivity contribution in [2.75, 3.05) is 11.9 Å². The molecule has 0 aromatic carbocycles. The summed E-state index contributed by atoms with van der Waals surface area (Å²) in [4.78, 5) is 11.2. The number of carbonyl (C=O) groups excluding carboxylic acids is 1. The van der Waals surface area contributed by atoms with Gasteiger partial charge in [-0.25, -0.2) is 0 Å². The van der Waals surface area contributed by atoms with Crippen LogP contribution in [0.4, 0.5) is 0 Å². The Labute approximate surface area is 82.7 Å². The molecule has 0 aliphatic heterocycles. The Hall–Kier alpha value is -0.490. The summed E-state index contributed by atoms with van der Waals surface area (Å²) >= 11 is 4.45. The summed E-state index contributed by atoms with van der Waals surface area (Å²) in [7, 11) is 0. The summed E-state index contributed by atoms with van der Waals surface area (Å²) < 4.78 is 3.59. The predicted octanol–water partition coefficient (Wildman–Crippen LogP) is 1.05. The molecule has 0 aliphatic rings. The molecule has 0 saturated heterocycles. The van der Waals surface area contributed by atoms with Gasteiger partial charge in [-0.2, -0.15) is 0 Å². The van der Waals surface area contributed by atoms with E-state index in [0.717, 1.165) is 11.8 Å². The fourth-order valence-electron chi connectivity index (χ4n) is 0.623. The van der Waals surface area contributed by atoms with Crippen molar-refractivity contribution in [1.82, 2.24) is 14.9 Å². The minimum absolute atomic E-state index is 0.148. The van der Waals surface area contributed by atoms with Crippen LogP contribution in [-0.4, -0.2) is 27.4 Å². The Morgan fingerprint density at radius 2 is 2.58 bits per heavy atom. The van der Waals surface area contributed by atoms with E-state index in [1.807, 2.05) is 0 Å². The normalized spacial score (nSPS) is 9.75. The van der Waals surface area contributed by atoms with Crippen LogP contribution in [0, 0.1) is 0 Å². The minimum Gasteiger partial charge on any atom is -0.351 e. The summed E-state index contributed by atoms with van der Waals surface area (Å²) in [5.74, 6) is -0.148. The van der Waals surface area contributed by atoms with Gasteiger partial charge < -0.3 is 5.32 Å². The SMILES string of the molecule is O=C(NCCCBr)c1csnn1. The van der Waals surface area contributed by atoms with E-state index in [-0.39, 0.29) is 5.91 Å². The third kappa shape index (κ3) is 2.86. The molecule has 0 spiro atoms. The van der Waals surface area contributed by atoms with E-state index in [1.54, 1.807) is 5.38 Å². The highest BCUT2D eigenvalue weighted by Gasteiger charge is 2.06. The van der Waals surface area contributed by atoms with Gasteiger partial charge in [0.1, 0.15) is 0 Å². The van der Waals surface area contributed by atoms with Crippen LogP contribution in [0.15, 0.2) is 5.38 Å². The van der Waals surface area contributed by atoms with Crippen LogP contribution in [0.25, 0.3) is 0 Å². The molecular formula is C6H8BrN3OS. The maximum absolute atomic E-state index is 11.2. The highest BCUT2D eigenvalue weighted by molar-refractivity contribution is 9.09. The molecule has 6 heteroatoms. The maximum atomic E-state index is 11.2. The molecule has 0 unspecified atom stereocenters. The van der Waals surface area contributed by atoms with E-state index in [9.17, 15) is 4.79 Å². The van der Waals surface area contributed by atoms with Gasteiger partial charge in [-0.1, -0.05) is 20.4 Å². The maximum Gasteiger partial charge on any atom is 0.272 e. The average Bonchev–Trinajstić information content (AvgIpc) is 2.56. The average molecular weight is 250 g/mol. The molecule has 66 valence electrons. The lowest BCUT2D eigenvalue weighted by Gasteiger charge is -1.98. The Kier molecular flexibility index (Phi) is 4.16. The van der Waals surface area contributed by atoms with Gasteiger partial charge in [-0.15, -0.1) is 5.10 Å². The van der Waals surface area contributed by atoms with E-state index < -0.39 is 0 Å². The van der Waals surface area contributed by atoms with Crippen molar-refractivity contribution in [1.29, 1.82) is 0 Å². The zero-order valence-electron chi connectivity index (χ0n) is 6.29. The zero-order valence-corrected chi connectivity index (χ0v) is 8.69. The summed E-state index contributed by atoms with van der Waals surface area (Å²) in [6.07, 6.45) is 0.920. The molecule has 12 heavy (non-hydrogen) atoms. The lowest BCUT2D eigenvalue weighted by Crippen LogP contribution is -2.24. The highest BCUT2D eigenvalue weighted by Crippen LogP contribution is 1.96. The molecule has 0 radical (unpaired) electrons. The fraction of sp³-hybridized carbons (Fsp3) is 0.500. The van der Waals surface area contributed by atoms with Gasteiger partial charge >= 0.3 is 0 Å². The molecule has 1 amide bonds. The largest absolute Gasteiger partial charge is 0.351 e. The molecule has 1 rings (SSSR count). The van der Waals surface area contributed by atoms with Crippen molar-refractivity contribution in [3.05, 3.63) is 11.1 Å². The molecule has 0 atom stereocenters. The number of nitrogens with one attached hydrogen (secondary N) is 1. The molecule has 1 N–H and O–H groups in total. The van der Waals surface area contributed by atoms with Crippen LogP contribution in [0.2, 0.25) is 0 Å². The first-order chi connectivity index (χ1) is 5.84. The molecule has 4 nitrogen and oxygen atoms in total. The van der Waals surface area contributed by atoms with Crippen molar-refractivity contribution in [2.45, 2.75) is 6.42 Å². The molecule has 1 aromatic rings. The number of alkyl halides is 1. The fourth-order valence-corrected chi connectivity index (χ4v) is 1.34. The quantitative estimate of drug-likeness (QED) is 0.642. The number of carbonyl (C=O) groups is 1. The van der Waals surface area contributed by atoms with Gasteiger partial charge in [-0.3, -0.25) is 4.79 Å². The number of rotatable bonds is 4. The predicted molar refractivity (Wildman–Crippen MR) is 50.7 cm³/mol. The van der Waals surface area contributed by atoms with Gasteiger partial charge in [0.15, 0.2) is 5.69 Å². The summed E-state index contributed by atoms with van der Waals surface area (Å²) in [6.45, 7) is 0.668. The minimum atomic E-state index is -0.148. The summed E-state index contributed by atoms with van der Waals surface area (Å²) in [5.41, 5.74) is 0.398. The van der Waals surface area contributed by atoms with Gasteiger partial charge in [-0.05, 0) is 18.0 Å². The van der Waals surface area contributed by atoms with E-state index in [1.165, 1.54) is 11.5 Å². The first kappa shape index (κ1) is 9.60.